The van der Waals surface area contributed by atoms with E-state index in [0.717, 1.165) is 10.2 Å². The minimum atomic E-state index is -1.24. The zero-order valence-corrected chi connectivity index (χ0v) is 14.6. The van der Waals surface area contributed by atoms with Gasteiger partial charge in [0.15, 0.2) is 0 Å². The van der Waals surface area contributed by atoms with E-state index in [0.29, 0.717) is 21.8 Å². The fraction of sp³-hybridized carbons (Fsp3) is 0.111. The predicted octanol–water partition coefficient (Wildman–Crippen LogP) is 2.93. The number of thiazole rings is 1. The van der Waals surface area contributed by atoms with Crippen LogP contribution < -0.4 is 10.4 Å². The van der Waals surface area contributed by atoms with Gasteiger partial charge in [-0.1, -0.05) is 18.2 Å². The topological polar surface area (TPSA) is 108 Å². The molecule has 0 saturated heterocycles. The molecule has 26 heavy (non-hydrogen) atoms. The van der Waals surface area contributed by atoms with Gasteiger partial charge in [-0.2, -0.15) is 0 Å². The fourth-order valence-electron chi connectivity index (χ4n) is 2.56. The molecule has 132 valence electrons. The third kappa shape index (κ3) is 3.70. The van der Waals surface area contributed by atoms with E-state index in [1.807, 2.05) is 24.3 Å². The van der Waals surface area contributed by atoms with Gasteiger partial charge in [-0.05, 0) is 35.4 Å². The summed E-state index contributed by atoms with van der Waals surface area (Å²) in [4.78, 5) is 26.4. The quantitative estimate of drug-likeness (QED) is 0.529. The van der Waals surface area contributed by atoms with Crippen molar-refractivity contribution in [2.45, 2.75) is 6.42 Å². The molecule has 0 fully saturated rings. The lowest BCUT2D eigenvalue weighted by Crippen LogP contribution is -2.22. The lowest BCUT2D eigenvalue weighted by Gasteiger charge is -2.07. The third-order valence-corrected chi connectivity index (χ3v) is 4.84. The standard InChI is InChI=1S/C18H15N3O4S/c1-19-13-7-6-11(9-15(13)21(24)25)8-12(10-17(22)23)18-20-14-4-2-3-5-16(14)26-18/h2-9,19H,10H2,1H3,(H,22,23)/p-1/b12-8+. The molecule has 0 atom stereocenters. The highest BCUT2D eigenvalue weighted by atomic mass is 32.1. The molecule has 1 N–H and O–H groups in total. The molecule has 7 nitrogen and oxygen atoms in total. The van der Waals surface area contributed by atoms with Gasteiger partial charge in [0.1, 0.15) is 10.7 Å². The van der Waals surface area contributed by atoms with Gasteiger partial charge in [0.05, 0.1) is 15.1 Å². The Labute approximate surface area is 152 Å². The van der Waals surface area contributed by atoms with Crippen molar-refractivity contribution < 1.29 is 14.8 Å². The molecule has 0 amide bonds. The van der Waals surface area contributed by atoms with Crippen LogP contribution in [0.25, 0.3) is 21.9 Å². The lowest BCUT2D eigenvalue weighted by molar-refractivity contribution is -0.384. The number of nitrogens with one attached hydrogen (secondary N) is 1. The molecule has 2 aromatic carbocycles. The van der Waals surface area contributed by atoms with Gasteiger partial charge in [0.25, 0.3) is 5.69 Å². The van der Waals surface area contributed by atoms with Gasteiger partial charge in [0, 0.05) is 25.5 Å². The number of hydrogen-bond acceptors (Lipinski definition) is 7. The molecule has 0 bridgehead atoms. The van der Waals surface area contributed by atoms with Crippen LogP contribution in [0.3, 0.4) is 0 Å². The van der Waals surface area contributed by atoms with Crippen molar-refractivity contribution in [2.24, 2.45) is 0 Å². The number of fused-ring (bicyclic) bond motifs is 1. The van der Waals surface area contributed by atoms with Crippen LogP contribution in [0.4, 0.5) is 11.4 Å². The molecule has 3 rings (SSSR count). The summed E-state index contributed by atoms with van der Waals surface area (Å²) in [6, 6.07) is 12.1. The number of anilines is 1. The minimum Gasteiger partial charge on any atom is -0.550 e. The second kappa shape index (κ2) is 7.32. The smallest absolute Gasteiger partial charge is 0.292 e. The highest BCUT2D eigenvalue weighted by Gasteiger charge is 2.14. The summed E-state index contributed by atoms with van der Waals surface area (Å²) in [6.07, 6.45) is 1.27. The highest BCUT2D eigenvalue weighted by Crippen LogP contribution is 2.32. The molecule has 1 heterocycles. The third-order valence-electron chi connectivity index (χ3n) is 3.73. The van der Waals surface area contributed by atoms with Crippen molar-refractivity contribution in [1.29, 1.82) is 0 Å². The minimum absolute atomic E-state index is 0.0849. The first kappa shape index (κ1) is 17.6. The van der Waals surface area contributed by atoms with Gasteiger partial charge in [-0.15, -0.1) is 11.3 Å². The van der Waals surface area contributed by atoms with Gasteiger partial charge < -0.3 is 15.2 Å². The summed E-state index contributed by atoms with van der Waals surface area (Å²) in [5.41, 5.74) is 2.03. The zero-order valence-electron chi connectivity index (χ0n) is 13.8. The average molecular weight is 368 g/mol. The number of carbonyl (C=O) groups is 1. The summed E-state index contributed by atoms with van der Waals surface area (Å²) in [5.74, 6) is -1.24. The Kier molecular flexibility index (Phi) is 4.94. The number of carboxylic acid groups (broad SMARTS) is 1. The number of aromatic nitrogens is 1. The van der Waals surface area contributed by atoms with Crippen LogP contribution in [0.1, 0.15) is 17.0 Å². The molecule has 0 aliphatic heterocycles. The number of carboxylic acids is 1. The SMILES string of the molecule is CNc1ccc(/C=C(\CC(=O)[O-])c2nc3ccccc3s2)cc1[N+](=O)[O-]. The van der Waals surface area contributed by atoms with E-state index in [9.17, 15) is 20.0 Å². The number of nitro groups is 1. The summed E-state index contributed by atoms with van der Waals surface area (Å²) >= 11 is 1.37. The number of hydrogen-bond donors (Lipinski definition) is 1. The zero-order chi connectivity index (χ0) is 18.7. The molecule has 0 unspecified atom stereocenters. The Hall–Kier alpha value is -3.26. The summed E-state index contributed by atoms with van der Waals surface area (Å²) < 4.78 is 0.934. The number of para-hydroxylation sites is 1. The van der Waals surface area contributed by atoms with Crippen LogP contribution in [-0.2, 0) is 4.79 Å². The van der Waals surface area contributed by atoms with Gasteiger partial charge in [-0.25, -0.2) is 4.98 Å². The molecule has 8 heteroatoms. The first-order valence-corrected chi connectivity index (χ1v) is 8.52. The normalized spacial score (nSPS) is 11.5. The van der Waals surface area contributed by atoms with Crippen LogP contribution >= 0.6 is 11.3 Å². The molecule has 0 aliphatic rings. The van der Waals surface area contributed by atoms with E-state index in [-0.39, 0.29) is 12.1 Å². The highest BCUT2D eigenvalue weighted by molar-refractivity contribution is 7.19. The van der Waals surface area contributed by atoms with E-state index in [1.54, 1.807) is 25.3 Å². The fourth-order valence-corrected chi connectivity index (χ4v) is 3.53. The van der Waals surface area contributed by atoms with Crippen molar-refractivity contribution in [3.8, 4) is 0 Å². The molecular formula is C18H14N3O4S-. The van der Waals surface area contributed by atoms with Crippen molar-refractivity contribution in [3.63, 3.8) is 0 Å². The van der Waals surface area contributed by atoms with Crippen molar-refractivity contribution in [1.82, 2.24) is 4.98 Å². The summed E-state index contributed by atoms with van der Waals surface area (Å²) in [7, 11) is 1.60. The molecule has 1 aromatic heterocycles. The molecule has 0 spiro atoms. The number of nitrogens with zero attached hydrogens (tertiary/aromatic N) is 2. The van der Waals surface area contributed by atoms with Crippen LogP contribution in [0.2, 0.25) is 0 Å². The lowest BCUT2D eigenvalue weighted by atomic mass is 10.1. The molecule has 0 saturated carbocycles. The Balaban J connectivity index is 2.09. The average Bonchev–Trinajstić information content (AvgIpc) is 3.04. The maximum atomic E-state index is 11.2. The van der Waals surface area contributed by atoms with Crippen LogP contribution in [0, 0.1) is 10.1 Å². The molecule has 3 aromatic rings. The Morgan fingerprint density at radius 2 is 2.08 bits per heavy atom. The van der Waals surface area contributed by atoms with Gasteiger partial charge in [0.2, 0.25) is 0 Å². The number of rotatable bonds is 6. The van der Waals surface area contributed by atoms with E-state index >= 15 is 0 Å². The predicted molar refractivity (Wildman–Crippen MR) is 99.8 cm³/mol. The maximum Gasteiger partial charge on any atom is 0.292 e. The molecule has 0 radical (unpaired) electrons. The van der Waals surface area contributed by atoms with Gasteiger partial charge >= 0.3 is 0 Å². The number of carbonyl (C=O) groups excluding carboxylic acids is 1. The van der Waals surface area contributed by atoms with Crippen LogP contribution in [0.5, 0.6) is 0 Å². The first-order valence-electron chi connectivity index (χ1n) is 7.70. The Morgan fingerprint density at radius 3 is 2.73 bits per heavy atom. The largest absolute Gasteiger partial charge is 0.550 e. The van der Waals surface area contributed by atoms with Crippen LogP contribution in [-0.4, -0.2) is 22.9 Å². The van der Waals surface area contributed by atoms with Crippen molar-refractivity contribution in [2.75, 3.05) is 12.4 Å². The maximum absolute atomic E-state index is 11.2. The Morgan fingerprint density at radius 1 is 1.31 bits per heavy atom. The number of aliphatic carboxylic acids is 1. The monoisotopic (exact) mass is 368 g/mol. The van der Waals surface area contributed by atoms with Gasteiger partial charge in [-0.3, -0.25) is 10.1 Å². The summed E-state index contributed by atoms with van der Waals surface area (Å²) in [6.45, 7) is 0. The second-order valence-electron chi connectivity index (χ2n) is 5.49. The number of nitro benzene ring substituents is 1. The van der Waals surface area contributed by atoms with E-state index < -0.39 is 10.9 Å². The first-order chi connectivity index (χ1) is 12.5. The van der Waals surface area contributed by atoms with E-state index in [2.05, 4.69) is 10.3 Å². The Bertz CT molecular complexity index is 993. The van der Waals surface area contributed by atoms with Crippen molar-refractivity contribution in [3.05, 3.63) is 63.1 Å². The molecule has 0 aliphatic carbocycles. The van der Waals surface area contributed by atoms with E-state index in [1.165, 1.54) is 17.4 Å². The second-order valence-corrected chi connectivity index (χ2v) is 6.52. The number of benzene rings is 2. The summed E-state index contributed by atoms with van der Waals surface area (Å²) in [5, 5.41) is 25.7. The van der Waals surface area contributed by atoms with Crippen LogP contribution in [0.15, 0.2) is 42.5 Å². The van der Waals surface area contributed by atoms with Crippen molar-refractivity contribution >= 4 is 50.5 Å². The van der Waals surface area contributed by atoms with E-state index in [4.69, 9.17) is 0 Å². The molecular weight excluding hydrogens is 354 g/mol.